The monoisotopic (exact) mass is 273 g/mol. The van der Waals surface area contributed by atoms with Crippen LogP contribution in [0.25, 0.3) is 0 Å². The van der Waals surface area contributed by atoms with Crippen LogP contribution in [0.3, 0.4) is 0 Å². The first-order chi connectivity index (χ1) is 9.58. The summed E-state index contributed by atoms with van der Waals surface area (Å²) in [6, 6.07) is 9.31. The van der Waals surface area contributed by atoms with E-state index in [-0.39, 0.29) is 18.4 Å². The number of nitrogens with two attached hydrogens (primary N) is 1. The maximum absolute atomic E-state index is 11.9. The standard InChI is InChI=1S/C15H19N3O2/c1-10-13(11(2)20-18-10)9-17-15(19)8-14(16)12-6-4-3-5-7-12/h3-7,14H,8-9,16H2,1-2H3,(H,17,19). The van der Waals surface area contributed by atoms with Crippen molar-refractivity contribution in [3.8, 4) is 0 Å². The summed E-state index contributed by atoms with van der Waals surface area (Å²) in [6.45, 7) is 4.10. The molecule has 2 rings (SSSR count). The molecule has 2 aromatic rings. The van der Waals surface area contributed by atoms with Gasteiger partial charge >= 0.3 is 0 Å². The van der Waals surface area contributed by atoms with E-state index >= 15 is 0 Å². The molecule has 0 bridgehead atoms. The van der Waals surface area contributed by atoms with Crippen molar-refractivity contribution >= 4 is 5.91 Å². The van der Waals surface area contributed by atoms with Gasteiger partial charge in [-0.1, -0.05) is 35.5 Å². The van der Waals surface area contributed by atoms with Crippen molar-refractivity contribution in [1.82, 2.24) is 10.5 Å². The molecule has 20 heavy (non-hydrogen) atoms. The molecule has 1 atom stereocenters. The number of aryl methyl sites for hydroxylation is 2. The Bertz CT molecular complexity index is 559. The molecule has 0 aliphatic carbocycles. The molecule has 1 amide bonds. The van der Waals surface area contributed by atoms with Crippen molar-refractivity contribution in [2.45, 2.75) is 32.9 Å². The van der Waals surface area contributed by atoms with Crippen molar-refractivity contribution in [3.05, 3.63) is 52.9 Å². The molecule has 0 radical (unpaired) electrons. The van der Waals surface area contributed by atoms with E-state index < -0.39 is 0 Å². The van der Waals surface area contributed by atoms with Gasteiger partial charge in [0.1, 0.15) is 5.76 Å². The topological polar surface area (TPSA) is 81.2 Å². The Hall–Kier alpha value is -2.14. The molecule has 0 saturated heterocycles. The summed E-state index contributed by atoms with van der Waals surface area (Å²) in [5, 5.41) is 6.70. The van der Waals surface area contributed by atoms with Gasteiger partial charge in [0.2, 0.25) is 5.91 Å². The Labute approximate surface area is 118 Å². The van der Waals surface area contributed by atoms with Crippen LogP contribution in [0.1, 0.15) is 35.0 Å². The number of carbonyl (C=O) groups excluding carboxylic acids is 1. The first-order valence-corrected chi connectivity index (χ1v) is 6.57. The molecule has 0 aliphatic rings. The number of nitrogens with one attached hydrogen (secondary N) is 1. The summed E-state index contributed by atoms with van der Waals surface area (Å²) >= 11 is 0. The molecule has 1 aromatic carbocycles. The van der Waals surface area contributed by atoms with E-state index in [1.165, 1.54) is 0 Å². The van der Waals surface area contributed by atoms with Crippen molar-refractivity contribution in [3.63, 3.8) is 0 Å². The Morgan fingerprint density at radius 3 is 2.65 bits per heavy atom. The first kappa shape index (κ1) is 14.3. The van der Waals surface area contributed by atoms with Crippen LogP contribution in [-0.4, -0.2) is 11.1 Å². The van der Waals surface area contributed by atoms with E-state index in [2.05, 4.69) is 10.5 Å². The number of hydrogen-bond donors (Lipinski definition) is 2. The van der Waals surface area contributed by atoms with Crippen LogP contribution < -0.4 is 11.1 Å². The highest BCUT2D eigenvalue weighted by Crippen LogP contribution is 2.14. The summed E-state index contributed by atoms with van der Waals surface area (Å²) < 4.78 is 5.05. The average Bonchev–Trinajstić information content (AvgIpc) is 2.77. The fraction of sp³-hybridized carbons (Fsp3) is 0.333. The molecule has 1 heterocycles. The fourth-order valence-electron chi connectivity index (χ4n) is 2.03. The van der Waals surface area contributed by atoms with Crippen LogP contribution in [0, 0.1) is 13.8 Å². The SMILES string of the molecule is Cc1noc(C)c1CNC(=O)CC(N)c1ccccc1. The lowest BCUT2D eigenvalue weighted by atomic mass is 10.0. The molecule has 0 aliphatic heterocycles. The number of hydrogen-bond acceptors (Lipinski definition) is 4. The van der Waals surface area contributed by atoms with Gasteiger partial charge < -0.3 is 15.6 Å². The third-order valence-electron chi connectivity index (χ3n) is 3.28. The summed E-state index contributed by atoms with van der Waals surface area (Å²) in [5.74, 6) is 0.650. The van der Waals surface area contributed by atoms with Gasteiger partial charge in [-0.3, -0.25) is 4.79 Å². The van der Waals surface area contributed by atoms with Gasteiger partial charge in [0.25, 0.3) is 0 Å². The molecule has 3 N–H and O–H groups in total. The molecular formula is C15H19N3O2. The minimum Gasteiger partial charge on any atom is -0.361 e. The number of nitrogens with zero attached hydrogens (tertiary/aromatic N) is 1. The number of amides is 1. The van der Waals surface area contributed by atoms with E-state index in [0.717, 1.165) is 22.6 Å². The predicted octanol–water partition coefficient (Wildman–Crippen LogP) is 2.00. The van der Waals surface area contributed by atoms with Gasteiger partial charge in [-0.2, -0.15) is 0 Å². The van der Waals surface area contributed by atoms with Crippen molar-refractivity contribution in [2.75, 3.05) is 0 Å². The predicted molar refractivity (Wildman–Crippen MR) is 75.8 cm³/mol. The molecule has 106 valence electrons. The number of aromatic nitrogens is 1. The van der Waals surface area contributed by atoms with Crippen molar-refractivity contribution < 1.29 is 9.32 Å². The van der Waals surface area contributed by atoms with Crippen molar-refractivity contribution in [2.24, 2.45) is 5.73 Å². The van der Waals surface area contributed by atoms with Gasteiger partial charge in [-0.15, -0.1) is 0 Å². The van der Waals surface area contributed by atoms with Gasteiger partial charge in [0.15, 0.2) is 0 Å². The fourth-order valence-corrected chi connectivity index (χ4v) is 2.03. The number of carbonyl (C=O) groups is 1. The molecule has 5 nitrogen and oxygen atoms in total. The molecule has 1 aromatic heterocycles. The number of benzene rings is 1. The first-order valence-electron chi connectivity index (χ1n) is 6.57. The maximum Gasteiger partial charge on any atom is 0.222 e. The molecule has 5 heteroatoms. The quantitative estimate of drug-likeness (QED) is 0.873. The third kappa shape index (κ3) is 3.45. The maximum atomic E-state index is 11.9. The number of rotatable bonds is 5. The summed E-state index contributed by atoms with van der Waals surface area (Å²) in [6.07, 6.45) is 0.257. The molecule has 1 unspecified atom stereocenters. The van der Waals surface area contributed by atoms with Crippen LogP contribution >= 0.6 is 0 Å². The minimum absolute atomic E-state index is 0.0821. The van der Waals surface area contributed by atoms with E-state index in [1.54, 1.807) is 0 Å². The summed E-state index contributed by atoms with van der Waals surface area (Å²) in [7, 11) is 0. The van der Waals surface area contributed by atoms with E-state index in [4.69, 9.17) is 10.3 Å². The second-order valence-electron chi connectivity index (χ2n) is 4.80. The Morgan fingerprint density at radius 1 is 1.35 bits per heavy atom. The van der Waals surface area contributed by atoms with Crippen LogP contribution in [0.4, 0.5) is 0 Å². The van der Waals surface area contributed by atoms with Crippen molar-refractivity contribution in [1.29, 1.82) is 0 Å². The largest absolute Gasteiger partial charge is 0.361 e. The zero-order valence-electron chi connectivity index (χ0n) is 11.7. The van der Waals surface area contributed by atoms with Gasteiger partial charge in [-0.05, 0) is 19.4 Å². The summed E-state index contributed by atoms with van der Waals surface area (Å²) in [5.41, 5.74) is 8.70. The molecule has 0 saturated carbocycles. The van der Waals surface area contributed by atoms with Gasteiger partial charge in [-0.25, -0.2) is 0 Å². The van der Waals surface area contributed by atoms with Crippen LogP contribution in [0.2, 0.25) is 0 Å². The van der Waals surface area contributed by atoms with Gasteiger partial charge in [0.05, 0.1) is 5.69 Å². The van der Waals surface area contributed by atoms with Crippen LogP contribution in [0.15, 0.2) is 34.9 Å². The molecule has 0 spiro atoms. The van der Waals surface area contributed by atoms with Crippen LogP contribution in [-0.2, 0) is 11.3 Å². The summed E-state index contributed by atoms with van der Waals surface area (Å²) in [4.78, 5) is 11.9. The highest BCUT2D eigenvalue weighted by molar-refractivity contribution is 5.76. The lowest BCUT2D eigenvalue weighted by Crippen LogP contribution is -2.27. The Morgan fingerprint density at radius 2 is 2.05 bits per heavy atom. The lowest BCUT2D eigenvalue weighted by Gasteiger charge is -2.12. The van der Waals surface area contributed by atoms with E-state index in [9.17, 15) is 4.79 Å². The Balaban J connectivity index is 1.87. The highest BCUT2D eigenvalue weighted by atomic mass is 16.5. The highest BCUT2D eigenvalue weighted by Gasteiger charge is 2.13. The normalized spacial score (nSPS) is 12.2. The van der Waals surface area contributed by atoms with E-state index in [1.807, 2.05) is 44.2 Å². The zero-order chi connectivity index (χ0) is 14.5. The van der Waals surface area contributed by atoms with Crippen LogP contribution in [0.5, 0.6) is 0 Å². The Kier molecular flexibility index (Phi) is 4.53. The van der Waals surface area contributed by atoms with Gasteiger partial charge in [0, 0.05) is 24.6 Å². The molecular weight excluding hydrogens is 254 g/mol. The average molecular weight is 273 g/mol. The molecule has 0 fully saturated rings. The lowest BCUT2D eigenvalue weighted by molar-refractivity contribution is -0.121. The smallest absolute Gasteiger partial charge is 0.222 e. The minimum atomic E-state index is -0.291. The zero-order valence-corrected chi connectivity index (χ0v) is 11.7. The third-order valence-corrected chi connectivity index (χ3v) is 3.28. The second kappa shape index (κ2) is 6.34. The van der Waals surface area contributed by atoms with E-state index in [0.29, 0.717) is 6.54 Å². The second-order valence-corrected chi connectivity index (χ2v) is 4.80.